The average molecular weight is 800 g/mol. The van der Waals surface area contributed by atoms with Crippen LogP contribution in [0.1, 0.15) is 69.5 Å². The van der Waals surface area contributed by atoms with Gasteiger partial charge in [0.25, 0.3) is 0 Å². The number of halogens is 2. The molecule has 2 aliphatic rings. The first kappa shape index (κ1) is 41.0. The van der Waals surface area contributed by atoms with Crippen molar-refractivity contribution in [1.29, 1.82) is 0 Å². The number of hydrogen-bond donors (Lipinski definition) is 1. The van der Waals surface area contributed by atoms with E-state index in [-0.39, 0.29) is 23.9 Å². The molecule has 1 fully saturated rings. The van der Waals surface area contributed by atoms with Crippen molar-refractivity contribution in [2.75, 3.05) is 53.0 Å². The summed E-state index contributed by atoms with van der Waals surface area (Å²) in [5, 5.41) is 4.23. The minimum absolute atomic E-state index is 0.0580. The van der Waals surface area contributed by atoms with Crippen LogP contribution in [0.2, 0.25) is 10.0 Å². The second kappa shape index (κ2) is 16.8. The van der Waals surface area contributed by atoms with Crippen LogP contribution in [-0.4, -0.2) is 90.4 Å². The minimum Gasteiger partial charge on any atom is -0.496 e. The second-order valence-electron chi connectivity index (χ2n) is 15.6. The van der Waals surface area contributed by atoms with E-state index in [1.807, 2.05) is 95.6 Å². The molecule has 4 aromatic rings. The fourth-order valence-electron chi connectivity index (χ4n) is 7.60. The maximum Gasteiger partial charge on any atom is 0.326 e. The molecule has 0 radical (unpaired) electrons. The van der Waals surface area contributed by atoms with Crippen LogP contribution in [0.3, 0.4) is 0 Å². The van der Waals surface area contributed by atoms with Gasteiger partial charge < -0.3 is 19.7 Å². The molecule has 56 heavy (non-hydrogen) atoms. The molecule has 10 nitrogen and oxygen atoms in total. The lowest BCUT2D eigenvalue weighted by Gasteiger charge is -2.47. The normalized spacial score (nSPS) is 20.1. The van der Waals surface area contributed by atoms with Gasteiger partial charge in [0.05, 0.1) is 25.8 Å². The van der Waals surface area contributed by atoms with Crippen molar-refractivity contribution in [3.8, 4) is 11.5 Å². The van der Waals surface area contributed by atoms with Gasteiger partial charge in [0, 0.05) is 66.1 Å². The molecule has 6 rings (SSSR count). The fraction of sp³-hybridized carbons (Fsp3) is 0.409. The topological polar surface area (TPSA) is 99.6 Å². The van der Waals surface area contributed by atoms with E-state index in [9.17, 15) is 4.79 Å². The van der Waals surface area contributed by atoms with Crippen LogP contribution in [0.4, 0.5) is 4.79 Å². The molecule has 2 aliphatic heterocycles. The third-order valence-corrected chi connectivity index (χ3v) is 11.5. The van der Waals surface area contributed by atoms with E-state index < -0.39 is 11.1 Å². The Morgan fingerprint density at radius 2 is 1.50 bits per heavy atom. The van der Waals surface area contributed by atoms with Gasteiger partial charge in [-0.15, -0.1) is 0 Å². The second-order valence-corrected chi connectivity index (χ2v) is 16.5. The molecule has 0 bridgehead atoms. The zero-order valence-corrected chi connectivity index (χ0v) is 34.9. The van der Waals surface area contributed by atoms with Crippen molar-refractivity contribution in [3.05, 3.63) is 123 Å². The van der Waals surface area contributed by atoms with Crippen molar-refractivity contribution in [1.82, 2.24) is 25.0 Å². The van der Waals surface area contributed by atoms with E-state index in [0.717, 1.165) is 28.1 Å². The number of benzene rings is 3. The third kappa shape index (κ3) is 8.24. The smallest absolute Gasteiger partial charge is 0.326 e. The molecule has 1 aromatic heterocycles. The number of ether oxygens (including phenoxy) is 2. The minimum atomic E-state index is -1.05. The molecule has 296 valence electrons. The Hall–Kier alpha value is -4.64. The van der Waals surface area contributed by atoms with Crippen molar-refractivity contribution < 1.29 is 19.1 Å². The number of carbonyl (C=O) groups excluding carboxylic acids is 2. The number of nitrogens with one attached hydrogen (secondary N) is 1. The number of aliphatic imine (C=N–C) groups is 1. The highest BCUT2D eigenvalue weighted by atomic mass is 35.5. The van der Waals surface area contributed by atoms with Crippen LogP contribution >= 0.6 is 23.2 Å². The Balaban J connectivity index is 1.32. The molecule has 3 heterocycles. The number of rotatable bonds is 11. The van der Waals surface area contributed by atoms with Gasteiger partial charge in [-0.2, -0.15) is 0 Å². The van der Waals surface area contributed by atoms with Gasteiger partial charge in [-0.3, -0.25) is 24.6 Å². The summed E-state index contributed by atoms with van der Waals surface area (Å²) in [6.07, 6.45) is 2.45. The van der Waals surface area contributed by atoms with E-state index in [1.165, 1.54) is 0 Å². The van der Waals surface area contributed by atoms with Crippen LogP contribution < -0.4 is 14.8 Å². The number of amidine groups is 1. The molecule has 0 saturated carbocycles. The summed E-state index contributed by atoms with van der Waals surface area (Å²) < 4.78 is 11.7. The fourth-order valence-corrected chi connectivity index (χ4v) is 7.85. The van der Waals surface area contributed by atoms with Crippen molar-refractivity contribution in [3.63, 3.8) is 0 Å². The van der Waals surface area contributed by atoms with Crippen LogP contribution in [0.5, 0.6) is 11.5 Å². The molecule has 2 atom stereocenters. The maximum absolute atomic E-state index is 15.3. The summed E-state index contributed by atoms with van der Waals surface area (Å²) in [7, 11) is 1.65. The number of carbonyl (C=O) groups is 2. The number of para-hydroxylation sites is 1. The number of piperazine rings is 1. The number of aromatic nitrogens is 1. The maximum atomic E-state index is 15.3. The highest BCUT2D eigenvalue weighted by Crippen LogP contribution is 2.54. The van der Waals surface area contributed by atoms with Crippen LogP contribution in [0.15, 0.2) is 90.1 Å². The monoisotopic (exact) mass is 798 g/mol. The van der Waals surface area contributed by atoms with Crippen molar-refractivity contribution >= 4 is 41.0 Å². The Bertz CT molecular complexity index is 2060. The molecular formula is C44H52Cl2N6O4. The highest BCUT2D eigenvalue weighted by Gasteiger charge is 2.60. The lowest BCUT2D eigenvalue weighted by atomic mass is 9.71. The summed E-state index contributed by atoms with van der Waals surface area (Å²) in [4.78, 5) is 44.5. The molecule has 12 heteroatoms. The molecule has 0 aliphatic carbocycles. The lowest BCUT2D eigenvalue weighted by molar-refractivity contribution is -0.122. The van der Waals surface area contributed by atoms with E-state index in [1.54, 1.807) is 13.3 Å². The van der Waals surface area contributed by atoms with Gasteiger partial charge in [0.1, 0.15) is 28.4 Å². The molecule has 1 saturated heterocycles. The van der Waals surface area contributed by atoms with Crippen LogP contribution in [-0.2, 0) is 27.7 Å². The molecule has 0 spiro atoms. The summed E-state index contributed by atoms with van der Waals surface area (Å²) in [6.45, 7) is 15.4. The van der Waals surface area contributed by atoms with Gasteiger partial charge in [-0.05, 0) is 74.2 Å². The number of methoxy groups -OCH3 is 1. The molecule has 3 aromatic carbocycles. The van der Waals surface area contributed by atoms with Gasteiger partial charge in [0.2, 0.25) is 5.91 Å². The summed E-state index contributed by atoms with van der Waals surface area (Å²) in [5.41, 5.74) is 1.97. The van der Waals surface area contributed by atoms with Crippen LogP contribution in [0.25, 0.3) is 0 Å². The molecule has 3 amide bonds. The zero-order valence-electron chi connectivity index (χ0n) is 33.4. The van der Waals surface area contributed by atoms with E-state index in [0.29, 0.717) is 72.9 Å². The largest absolute Gasteiger partial charge is 0.496 e. The standard InChI is InChI=1S/C44H52Cl2N6O4/c1-8-56-37-27-38(42(2,3)4)48-28-35(37)40-49-43(5,31-13-17-33(45)18-14-31)44(6,32-15-19-34(46)20-16-32)52(40)41(54)51-25-23-50(24-26-51)29-39(53)47-22-21-30-11-9-10-12-36(30)55-7/h9-20,27-28H,8,21-26,29H2,1-7H3,(H,47,53)/t43-,44+/m0/s1. The Labute approximate surface area is 340 Å². The lowest BCUT2D eigenvalue weighted by Crippen LogP contribution is -2.61. The Kier molecular flexibility index (Phi) is 12.3. The highest BCUT2D eigenvalue weighted by molar-refractivity contribution is 6.30. The van der Waals surface area contributed by atoms with Crippen molar-refractivity contribution in [2.24, 2.45) is 4.99 Å². The zero-order chi connectivity index (χ0) is 40.3. The first-order chi connectivity index (χ1) is 26.7. The molecular weight excluding hydrogens is 747 g/mol. The Morgan fingerprint density at radius 1 is 0.875 bits per heavy atom. The first-order valence-corrected chi connectivity index (χ1v) is 19.9. The predicted octanol–water partition coefficient (Wildman–Crippen LogP) is 8.08. The van der Waals surface area contributed by atoms with E-state index in [2.05, 4.69) is 44.8 Å². The number of urea groups is 1. The van der Waals surface area contributed by atoms with Gasteiger partial charge in [0.15, 0.2) is 0 Å². The van der Waals surface area contributed by atoms with Crippen molar-refractivity contribution in [2.45, 2.75) is 64.5 Å². The summed E-state index contributed by atoms with van der Waals surface area (Å²) >= 11 is 12.9. The first-order valence-electron chi connectivity index (χ1n) is 19.1. The molecule has 0 unspecified atom stereocenters. The Morgan fingerprint density at radius 3 is 2.11 bits per heavy atom. The van der Waals surface area contributed by atoms with Gasteiger partial charge in [-0.1, -0.05) is 86.4 Å². The number of nitrogens with zero attached hydrogens (tertiary/aromatic N) is 5. The van der Waals surface area contributed by atoms with Crippen LogP contribution in [0, 0.1) is 0 Å². The summed E-state index contributed by atoms with van der Waals surface area (Å²) in [6, 6.07) is 24.8. The average Bonchev–Trinajstić information content (AvgIpc) is 3.42. The van der Waals surface area contributed by atoms with E-state index >= 15 is 4.79 Å². The number of pyridine rings is 1. The number of hydrogen-bond acceptors (Lipinski definition) is 7. The number of amides is 3. The van der Waals surface area contributed by atoms with E-state index in [4.69, 9.17) is 42.7 Å². The predicted molar refractivity (Wildman–Crippen MR) is 223 cm³/mol. The third-order valence-electron chi connectivity index (χ3n) is 11.0. The molecule has 1 N–H and O–H groups in total. The van der Waals surface area contributed by atoms with Gasteiger partial charge in [-0.25, -0.2) is 4.79 Å². The quantitative estimate of drug-likeness (QED) is 0.165. The van der Waals surface area contributed by atoms with Gasteiger partial charge >= 0.3 is 6.03 Å². The summed E-state index contributed by atoms with van der Waals surface area (Å²) in [5.74, 6) is 1.81. The SMILES string of the molecule is CCOc1cc(C(C)(C)C)ncc1C1=N[C@@](C)(c2ccc(Cl)cc2)[C@@](C)(c2ccc(Cl)cc2)N1C(=O)N1CCN(CC(=O)NCCc2ccccc2OC)CC1.